The molecule has 3 atom stereocenters. The summed E-state index contributed by atoms with van der Waals surface area (Å²) in [5.74, 6) is 6.50. The smallest absolute Gasteiger partial charge is 0.0939 e. The number of ether oxygens (including phenoxy) is 2. The van der Waals surface area contributed by atoms with Gasteiger partial charge >= 0.3 is 0 Å². The fourth-order valence-electron chi connectivity index (χ4n) is 4.37. The minimum Gasteiger partial charge on any atom is -0.378 e. The Labute approximate surface area is 129 Å². The quantitative estimate of drug-likeness (QED) is 0.575. The second kappa shape index (κ2) is 6.92. The Balaban J connectivity index is 2.12. The number of hydrogen-bond acceptors (Lipinski definition) is 5. The Morgan fingerprint density at radius 1 is 1.33 bits per heavy atom. The molecule has 5 nitrogen and oxygen atoms in total. The van der Waals surface area contributed by atoms with E-state index in [9.17, 15) is 0 Å². The zero-order valence-corrected chi connectivity index (χ0v) is 14.2. The molecule has 0 saturated carbocycles. The lowest BCUT2D eigenvalue weighted by Gasteiger charge is -2.49. The van der Waals surface area contributed by atoms with Gasteiger partial charge in [0.15, 0.2) is 0 Å². The summed E-state index contributed by atoms with van der Waals surface area (Å²) < 4.78 is 11.7. The number of nitrogens with two attached hydrogens (primary N) is 1. The Morgan fingerprint density at radius 3 is 2.57 bits per heavy atom. The Kier molecular flexibility index (Phi) is 5.65. The van der Waals surface area contributed by atoms with Crippen LogP contribution in [0, 0.1) is 5.92 Å². The van der Waals surface area contributed by atoms with Crippen LogP contribution in [0.2, 0.25) is 0 Å². The summed E-state index contributed by atoms with van der Waals surface area (Å²) in [7, 11) is 0. The minimum absolute atomic E-state index is 0.0287. The van der Waals surface area contributed by atoms with Gasteiger partial charge in [-0.1, -0.05) is 13.8 Å². The van der Waals surface area contributed by atoms with Crippen LogP contribution in [-0.4, -0.2) is 55.0 Å². The summed E-state index contributed by atoms with van der Waals surface area (Å²) in [6.45, 7) is 13.5. The zero-order valence-electron chi connectivity index (χ0n) is 14.2. The van der Waals surface area contributed by atoms with E-state index in [1.54, 1.807) is 0 Å². The Hall–Kier alpha value is -0.200. The SMILES string of the molecule is CCN(CC)C(C)(C)C(NN)C1CCOC2(CCOC2)C1. The molecule has 0 bridgehead atoms. The van der Waals surface area contributed by atoms with E-state index < -0.39 is 0 Å². The van der Waals surface area contributed by atoms with Crippen molar-refractivity contribution in [2.24, 2.45) is 11.8 Å². The maximum atomic E-state index is 6.07. The average molecular weight is 299 g/mol. The third-order valence-corrected chi connectivity index (χ3v) is 5.59. The van der Waals surface area contributed by atoms with Crippen molar-refractivity contribution in [2.45, 2.75) is 64.1 Å². The molecule has 2 rings (SSSR count). The molecule has 5 heteroatoms. The van der Waals surface area contributed by atoms with Crippen LogP contribution in [0.1, 0.15) is 47.0 Å². The second-order valence-corrected chi connectivity index (χ2v) is 7.06. The molecule has 2 fully saturated rings. The molecule has 2 aliphatic heterocycles. The van der Waals surface area contributed by atoms with Gasteiger partial charge in [0.1, 0.15) is 0 Å². The topological polar surface area (TPSA) is 59.8 Å². The molecule has 2 saturated heterocycles. The third-order valence-electron chi connectivity index (χ3n) is 5.59. The molecule has 3 unspecified atom stereocenters. The Morgan fingerprint density at radius 2 is 2.05 bits per heavy atom. The van der Waals surface area contributed by atoms with E-state index in [0.29, 0.717) is 5.92 Å². The molecular formula is C16H33N3O2. The Bertz CT molecular complexity index is 325. The van der Waals surface area contributed by atoms with E-state index in [2.05, 4.69) is 38.0 Å². The molecular weight excluding hydrogens is 266 g/mol. The number of likely N-dealkylation sites (N-methyl/N-ethyl adjacent to an activating group) is 1. The van der Waals surface area contributed by atoms with E-state index >= 15 is 0 Å². The van der Waals surface area contributed by atoms with Crippen LogP contribution >= 0.6 is 0 Å². The van der Waals surface area contributed by atoms with Gasteiger partial charge in [-0.3, -0.25) is 16.2 Å². The minimum atomic E-state index is -0.0582. The van der Waals surface area contributed by atoms with Crippen molar-refractivity contribution in [1.29, 1.82) is 0 Å². The zero-order chi connectivity index (χ0) is 15.5. The predicted octanol–water partition coefficient (Wildman–Crippen LogP) is 1.52. The first kappa shape index (κ1) is 17.2. The number of hydrazine groups is 1. The van der Waals surface area contributed by atoms with Crippen molar-refractivity contribution in [3.63, 3.8) is 0 Å². The van der Waals surface area contributed by atoms with E-state index in [-0.39, 0.29) is 17.2 Å². The first-order valence-electron chi connectivity index (χ1n) is 8.42. The standard InChI is InChI=1S/C16H33N3O2/c1-5-19(6-2)15(3,4)14(18-17)13-7-9-21-16(11-13)8-10-20-12-16/h13-14,18H,5-12,17H2,1-4H3. The van der Waals surface area contributed by atoms with Gasteiger partial charge in [-0.15, -0.1) is 0 Å². The molecule has 0 radical (unpaired) electrons. The lowest BCUT2D eigenvalue weighted by molar-refractivity contribution is -0.111. The number of nitrogens with zero attached hydrogens (tertiary/aromatic N) is 1. The van der Waals surface area contributed by atoms with Crippen molar-refractivity contribution in [2.75, 3.05) is 32.9 Å². The summed E-state index contributed by atoms with van der Waals surface area (Å²) in [6.07, 6.45) is 3.14. The van der Waals surface area contributed by atoms with Crippen LogP contribution in [0.25, 0.3) is 0 Å². The van der Waals surface area contributed by atoms with Crippen molar-refractivity contribution in [3.8, 4) is 0 Å². The third kappa shape index (κ3) is 3.42. The fourth-order valence-corrected chi connectivity index (χ4v) is 4.37. The monoisotopic (exact) mass is 299 g/mol. The highest BCUT2D eigenvalue weighted by molar-refractivity contribution is 5.01. The highest BCUT2D eigenvalue weighted by Crippen LogP contribution is 2.39. The van der Waals surface area contributed by atoms with Gasteiger partial charge in [0, 0.05) is 31.2 Å². The van der Waals surface area contributed by atoms with Crippen molar-refractivity contribution >= 4 is 0 Å². The van der Waals surface area contributed by atoms with Crippen molar-refractivity contribution in [3.05, 3.63) is 0 Å². The predicted molar refractivity (Wildman–Crippen MR) is 85.0 cm³/mol. The normalized spacial score (nSPS) is 32.0. The fraction of sp³-hybridized carbons (Fsp3) is 1.00. The molecule has 21 heavy (non-hydrogen) atoms. The first-order chi connectivity index (χ1) is 9.99. The maximum Gasteiger partial charge on any atom is 0.0939 e. The molecule has 0 amide bonds. The van der Waals surface area contributed by atoms with E-state index in [4.69, 9.17) is 15.3 Å². The summed E-state index contributed by atoms with van der Waals surface area (Å²) >= 11 is 0. The molecule has 1 spiro atoms. The van der Waals surface area contributed by atoms with Crippen LogP contribution in [-0.2, 0) is 9.47 Å². The van der Waals surface area contributed by atoms with E-state index in [1.165, 1.54) is 0 Å². The van der Waals surface area contributed by atoms with Gasteiger partial charge in [-0.05, 0) is 45.7 Å². The van der Waals surface area contributed by atoms with Gasteiger partial charge < -0.3 is 9.47 Å². The van der Waals surface area contributed by atoms with Crippen LogP contribution in [0.5, 0.6) is 0 Å². The molecule has 0 aliphatic carbocycles. The van der Waals surface area contributed by atoms with Gasteiger partial charge in [0.05, 0.1) is 12.2 Å². The van der Waals surface area contributed by atoms with Gasteiger partial charge in [0.2, 0.25) is 0 Å². The highest BCUT2D eigenvalue weighted by atomic mass is 16.6. The lowest BCUT2D eigenvalue weighted by Crippen LogP contribution is -2.63. The molecule has 3 N–H and O–H groups in total. The molecule has 2 heterocycles. The van der Waals surface area contributed by atoms with Crippen molar-refractivity contribution in [1.82, 2.24) is 10.3 Å². The lowest BCUT2D eigenvalue weighted by atomic mass is 9.74. The molecule has 0 aromatic carbocycles. The summed E-state index contributed by atoms with van der Waals surface area (Å²) in [6, 6.07) is 0.263. The maximum absolute atomic E-state index is 6.07. The first-order valence-corrected chi connectivity index (χ1v) is 8.42. The number of hydrogen-bond donors (Lipinski definition) is 2. The highest BCUT2D eigenvalue weighted by Gasteiger charge is 2.46. The van der Waals surface area contributed by atoms with Gasteiger partial charge in [-0.2, -0.15) is 0 Å². The van der Waals surface area contributed by atoms with Crippen LogP contribution in [0.3, 0.4) is 0 Å². The molecule has 2 aliphatic rings. The largest absolute Gasteiger partial charge is 0.378 e. The van der Waals surface area contributed by atoms with Gasteiger partial charge in [0.25, 0.3) is 0 Å². The second-order valence-electron chi connectivity index (χ2n) is 7.06. The van der Waals surface area contributed by atoms with Crippen LogP contribution in [0.15, 0.2) is 0 Å². The van der Waals surface area contributed by atoms with Crippen LogP contribution < -0.4 is 11.3 Å². The van der Waals surface area contributed by atoms with Gasteiger partial charge in [-0.25, -0.2) is 0 Å². The van der Waals surface area contributed by atoms with Crippen LogP contribution in [0.4, 0.5) is 0 Å². The summed E-state index contributed by atoms with van der Waals surface area (Å²) in [4.78, 5) is 2.49. The number of nitrogens with one attached hydrogen (secondary N) is 1. The average Bonchev–Trinajstić information content (AvgIpc) is 2.88. The molecule has 0 aromatic heterocycles. The number of rotatable bonds is 6. The van der Waals surface area contributed by atoms with Crippen molar-refractivity contribution < 1.29 is 9.47 Å². The van der Waals surface area contributed by atoms with E-state index in [0.717, 1.165) is 52.2 Å². The summed E-state index contributed by atoms with van der Waals surface area (Å²) in [5, 5.41) is 0. The molecule has 0 aromatic rings. The molecule has 124 valence electrons. The summed E-state index contributed by atoms with van der Waals surface area (Å²) in [5.41, 5.74) is 3.10. The van der Waals surface area contributed by atoms with E-state index in [1.807, 2.05) is 0 Å².